The maximum atomic E-state index is 14.3. The molecular weight excluding hydrogens is 327 g/mol. The summed E-state index contributed by atoms with van der Waals surface area (Å²) < 4.78 is 16.1. The number of carbonyl (C=O) groups excluding carboxylic acids is 1. The van der Waals surface area contributed by atoms with Gasteiger partial charge in [0.25, 0.3) is 5.91 Å². The Balaban J connectivity index is 1.58. The minimum Gasteiger partial charge on any atom is -0.351 e. The number of aromatic nitrogens is 1. The molecule has 3 aliphatic carbocycles. The molecule has 0 atom stereocenters. The summed E-state index contributed by atoms with van der Waals surface area (Å²) in [5.74, 6) is 0.267. The Bertz CT molecular complexity index is 792. The van der Waals surface area contributed by atoms with Gasteiger partial charge in [-0.2, -0.15) is 0 Å². The van der Waals surface area contributed by atoms with Crippen LogP contribution in [0.1, 0.15) is 48.9 Å². The molecule has 3 saturated carbocycles. The molecule has 0 aliphatic heterocycles. The third-order valence-corrected chi connectivity index (χ3v) is 6.34. The van der Waals surface area contributed by atoms with Crippen LogP contribution in [0.2, 0.25) is 5.02 Å². The number of benzene rings is 1. The molecule has 0 saturated heterocycles. The Kier molecular flexibility index (Phi) is 3.83. The van der Waals surface area contributed by atoms with E-state index in [1.807, 2.05) is 0 Å². The molecule has 1 aromatic heterocycles. The maximum absolute atomic E-state index is 14.3. The van der Waals surface area contributed by atoms with Gasteiger partial charge in [0.05, 0.1) is 11.1 Å². The molecule has 0 radical (unpaired) electrons. The van der Waals surface area contributed by atoms with Gasteiger partial charge in [0.1, 0.15) is 5.82 Å². The molecule has 3 fully saturated rings. The van der Waals surface area contributed by atoms with Gasteiger partial charge in [0.15, 0.2) is 0 Å². The molecule has 0 spiro atoms. The number of hydrogen-bond acceptors (Lipinski definition) is 1. The van der Waals surface area contributed by atoms with Crippen molar-refractivity contribution in [2.75, 3.05) is 6.54 Å². The largest absolute Gasteiger partial charge is 0.351 e. The van der Waals surface area contributed by atoms with Gasteiger partial charge in [-0.25, -0.2) is 4.39 Å². The average molecular weight is 349 g/mol. The van der Waals surface area contributed by atoms with Crippen molar-refractivity contribution >= 4 is 28.4 Å². The van der Waals surface area contributed by atoms with Crippen LogP contribution in [0.25, 0.3) is 10.9 Å². The number of carbonyl (C=O) groups is 1. The molecule has 128 valence electrons. The molecular formula is C19H22ClFN2O. The van der Waals surface area contributed by atoms with E-state index < -0.39 is 5.82 Å². The molecule has 5 rings (SSSR count). The van der Waals surface area contributed by atoms with Crippen LogP contribution in [-0.2, 0) is 7.05 Å². The summed E-state index contributed by atoms with van der Waals surface area (Å²) in [4.78, 5) is 12.7. The Labute approximate surface area is 146 Å². The van der Waals surface area contributed by atoms with E-state index in [-0.39, 0.29) is 11.3 Å². The topological polar surface area (TPSA) is 34.0 Å². The Morgan fingerprint density at radius 3 is 2.67 bits per heavy atom. The van der Waals surface area contributed by atoms with Crippen molar-refractivity contribution in [1.82, 2.24) is 9.88 Å². The fourth-order valence-electron chi connectivity index (χ4n) is 4.57. The molecule has 1 aromatic carbocycles. The third-order valence-electron chi connectivity index (χ3n) is 6.12. The standard InChI is InChI=1S/C19H22ClFN2O/c1-23-10-14(17-15(21)8-13(20)9-16(17)23)18(24)22-11-19-5-2-12(3-6-19)4-7-19/h8-10,12H,2-7,11H2,1H3,(H,22,24). The van der Waals surface area contributed by atoms with Crippen molar-refractivity contribution in [3.63, 3.8) is 0 Å². The summed E-state index contributed by atoms with van der Waals surface area (Å²) >= 11 is 5.94. The quantitative estimate of drug-likeness (QED) is 0.859. The van der Waals surface area contributed by atoms with Crippen LogP contribution in [0.3, 0.4) is 0 Å². The monoisotopic (exact) mass is 348 g/mol. The molecule has 3 nitrogen and oxygen atoms in total. The van der Waals surface area contributed by atoms with Crippen molar-refractivity contribution in [3.8, 4) is 0 Å². The molecule has 1 heterocycles. The third kappa shape index (κ3) is 2.61. The molecule has 1 amide bonds. The van der Waals surface area contributed by atoms with E-state index in [1.165, 1.54) is 44.6 Å². The van der Waals surface area contributed by atoms with E-state index in [4.69, 9.17) is 11.6 Å². The van der Waals surface area contributed by atoms with Crippen molar-refractivity contribution in [2.45, 2.75) is 38.5 Å². The first-order valence-electron chi connectivity index (χ1n) is 8.70. The zero-order valence-electron chi connectivity index (χ0n) is 13.9. The second-order valence-corrected chi connectivity index (χ2v) is 8.04. The number of rotatable bonds is 3. The summed E-state index contributed by atoms with van der Waals surface area (Å²) in [6, 6.07) is 2.96. The fraction of sp³-hybridized carbons (Fsp3) is 0.526. The lowest BCUT2D eigenvalue weighted by Crippen LogP contribution is -2.43. The smallest absolute Gasteiger partial charge is 0.253 e. The van der Waals surface area contributed by atoms with Gasteiger partial charge in [-0.05, 0) is 62.0 Å². The second kappa shape index (κ2) is 5.76. The first-order valence-corrected chi connectivity index (χ1v) is 9.07. The van der Waals surface area contributed by atoms with E-state index in [0.29, 0.717) is 28.0 Å². The lowest BCUT2D eigenvalue weighted by molar-refractivity contribution is 0.0598. The molecule has 3 aliphatic rings. The van der Waals surface area contributed by atoms with Gasteiger partial charge in [-0.15, -0.1) is 0 Å². The predicted octanol–water partition coefficient (Wildman–Crippen LogP) is 4.67. The van der Waals surface area contributed by atoms with Gasteiger partial charge in [-0.1, -0.05) is 11.6 Å². The van der Waals surface area contributed by atoms with Gasteiger partial charge < -0.3 is 9.88 Å². The molecule has 2 aromatic rings. The number of hydrogen-bond donors (Lipinski definition) is 1. The molecule has 2 bridgehead atoms. The highest BCUT2D eigenvalue weighted by molar-refractivity contribution is 6.31. The molecule has 1 N–H and O–H groups in total. The summed E-state index contributed by atoms with van der Waals surface area (Å²) in [5, 5.41) is 3.77. The summed E-state index contributed by atoms with van der Waals surface area (Å²) in [6.07, 6.45) is 9.17. The van der Waals surface area contributed by atoms with Crippen LogP contribution in [0, 0.1) is 17.2 Å². The van der Waals surface area contributed by atoms with Crippen LogP contribution in [0.15, 0.2) is 18.3 Å². The van der Waals surface area contributed by atoms with Crippen molar-refractivity contribution in [2.24, 2.45) is 18.4 Å². The Morgan fingerprint density at radius 1 is 1.33 bits per heavy atom. The van der Waals surface area contributed by atoms with E-state index >= 15 is 0 Å². The van der Waals surface area contributed by atoms with Gasteiger partial charge in [-0.3, -0.25) is 4.79 Å². The minimum atomic E-state index is -0.445. The molecule has 5 heteroatoms. The van der Waals surface area contributed by atoms with Gasteiger partial charge in [0, 0.05) is 30.2 Å². The summed E-state index contributed by atoms with van der Waals surface area (Å²) in [6.45, 7) is 0.699. The maximum Gasteiger partial charge on any atom is 0.253 e. The normalized spacial score (nSPS) is 26.0. The predicted molar refractivity (Wildman–Crippen MR) is 93.8 cm³/mol. The first kappa shape index (κ1) is 15.9. The van der Waals surface area contributed by atoms with Crippen LogP contribution in [0.5, 0.6) is 0 Å². The van der Waals surface area contributed by atoms with Gasteiger partial charge >= 0.3 is 0 Å². The lowest BCUT2D eigenvalue weighted by Gasteiger charge is -2.46. The Morgan fingerprint density at radius 2 is 2.00 bits per heavy atom. The molecule has 24 heavy (non-hydrogen) atoms. The lowest BCUT2D eigenvalue weighted by atomic mass is 9.61. The zero-order valence-corrected chi connectivity index (χ0v) is 14.6. The van der Waals surface area contributed by atoms with Gasteiger partial charge in [0.2, 0.25) is 0 Å². The van der Waals surface area contributed by atoms with E-state index in [1.54, 1.807) is 23.9 Å². The number of halogens is 2. The van der Waals surface area contributed by atoms with E-state index in [2.05, 4.69) is 5.32 Å². The highest BCUT2D eigenvalue weighted by Gasteiger charge is 2.40. The van der Waals surface area contributed by atoms with Crippen molar-refractivity contribution in [3.05, 3.63) is 34.7 Å². The van der Waals surface area contributed by atoms with Crippen molar-refractivity contribution in [1.29, 1.82) is 0 Å². The second-order valence-electron chi connectivity index (χ2n) is 7.60. The SMILES string of the molecule is Cn1cc(C(=O)NCC23CCC(CC2)CC3)c2c(F)cc(Cl)cc21. The number of aryl methyl sites for hydroxylation is 1. The van der Waals surface area contributed by atoms with Crippen molar-refractivity contribution < 1.29 is 9.18 Å². The van der Waals surface area contributed by atoms with Crippen LogP contribution >= 0.6 is 11.6 Å². The summed E-state index contributed by atoms with van der Waals surface area (Å²) in [5.41, 5.74) is 1.29. The highest BCUT2D eigenvalue weighted by Crippen LogP contribution is 2.49. The van der Waals surface area contributed by atoms with Crippen LogP contribution < -0.4 is 5.32 Å². The van der Waals surface area contributed by atoms with Crippen LogP contribution in [0.4, 0.5) is 4.39 Å². The number of nitrogens with one attached hydrogen (secondary N) is 1. The minimum absolute atomic E-state index is 0.191. The highest BCUT2D eigenvalue weighted by atomic mass is 35.5. The number of fused-ring (bicyclic) bond motifs is 4. The van der Waals surface area contributed by atoms with Crippen LogP contribution in [-0.4, -0.2) is 17.0 Å². The number of nitrogens with zero attached hydrogens (tertiary/aromatic N) is 1. The average Bonchev–Trinajstić information content (AvgIpc) is 2.92. The number of amides is 1. The fourth-order valence-corrected chi connectivity index (χ4v) is 4.77. The molecule has 0 unspecified atom stereocenters. The van der Waals surface area contributed by atoms with E-state index in [9.17, 15) is 9.18 Å². The summed E-state index contributed by atoms with van der Waals surface area (Å²) in [7, 11) is 1.80. The first-order chi connectivity index (χ1) is 11.5. The zero-order chi connectivity index (χ0) is 16.9. The van der Waals surface area contributed by atoms with E-state index in [0.717, 1.165) is 5.92 Å². The Hall–Kier alpha value is -1.55.